The molecule has 1 unspecified atom stereocenters. The Labute approximate surface area is 155 Å². The highest BCUT2D eigenvalue weighted by atomic mass is 14.2. The van der Waals surface area contributed by atoms with E-state index in [9.17, 15) is 0 Å². The van der Waals surface area contributed by atoms with E-state index < -0.39 is 0 Å². The van der Waals surface area contributed by atoms with E-state index in [2.05, 4.69) is 100 Å². The molecule has 0 aliphatic rings. The normalized spacial score (nSPS) is 14.5. The van der Waals surface area contributed by atoms with Crippen molar-refractivity contribution in [2.75, 3.05) is 0 Å². The smallest absolute Gasteiger partial charge is 0.0152 e. The van der Waals surface area contributed by atoms with E-state index in [-0.39, 0.29) is 0 Å². The van der Waals surface area contributed by atoms with Crippen molar-refractivity contribution in [3.05, 3.63) is 24.3 Å². The number of hydrogen-bond donors (Lipinski definition) is 0. The van der Waals surface area contributed by atoms with E-state index in [1.807, 2.05) is 0 Å². The molecule has 0 bridgehead atoms. The fourth-order valence-electron chi connectivity index (χ4n) is 1.95. The average molecular weight is 337 g/mol. The van der Waals surface area contributed by atoms with Crippen molar-refractivity contribution in [3.63, 3.8) is 0 Å². The van der Waals surface area contributed by atoms with Crippen molar-refractivity contribution >= 4 is 0 Å². The quantitative estimate of drug-likeness (QED) is 0.389. The monoisotopic (exact) mass is 336 g/mol. The van der Waals surface area contributed by atoms with Gasteiger partial charge in [-0.2, -0.15) is 0 Å². The highest BCUT2D eigenvalue weighted by Crippen LogP contribution is 2.27. The van der Waals surface area contributed by atoms with Crippen LogP contribution >= 0.6 is 0 Å². The van der Waals surface area contributed by atoms with Gasteiger partial charge >= 0.3 is 0 Å². The van der Waals surface area contributed by atoms with Gasteiger partial charge in [-0.1, -0.05) is 100 Å². The van der Waals surface area contributed by atoms with Gasteiger partial charge in [0.25, 0.3) is 0 Å². The van der Waals surface area contributed by atoms with Gasteiger partial charge in [0.1, 0.15) is 0 Å². The second-order valence-electron chi connectivity index (χ2n) is 9.61. The molecule has 24 heavy (non-hydrogen) atoms. The highest BCUT2D eigenvalue weighted by Gasteiger charge is 2.16. The zero-order valence-corrected chi connectivity index (χ0v) is 18.9. The summed E-state index contributed by atoms with van der Waals surface area (Å²) in [6.07, 6.45) is 14.3. The van der Waals surface area contributed by atoms with E-state index in [1.165, 1.54) is 25.7 Å². The largest absolute Gasteiger partial charge is 0.0880 e. The molecule has 0 aliphatic heterocycles. The lowest BCUT2D eigenvalue weighted by Gasteiger charge is -2.24. The fourth-order valence-corrected chi connectivity index (χ4v) is 1.95. The van der Waals surface area contributed by atoms with Crippen molar-refractivity contribution in [2.24, 2.45) is 28.6 Å². The Kier molecular flexibility index (Phi) is 13.7. The fraction of sp³-hybridized carbons (Fsp3) is 0.833. The maximum absolute atomic E-state index is 2.40. The number of hydrogen-bond acceptors (Lipinski definition) is 0. The predicted molar refractivity (Wildman–Crippen MR) is 114 cm³/mol. The second kappa shape index (κ2) is 12.8. The van der Waals surface area contributed by atoms with Gasteiger partial charge in [0.05, 0.1) is 0 Å². The van der Waals surface area contributed by atoms with Gasteiger partial charge in [0, 0.05) is 0 Å². The maximum atomic E-state index is 2.40. The van der Waals surface area contributed by atoms with Crippen LogP contribution in [-0.2, 0) is 0 Å². The van der Waals surface area contributed by atoms with E-state index in [0.29, 0.717) is 16.7 Å². The van der Waals surface area contributed by atoms with Crippen LogP contribution in [0.25, 0.3) is 0 Å². The van der Waals surface area contributed by atoms with Gasteiger partial charge in [-0.3, -0.25) is 0 Å². The van der Waals surface area contributed by atoms with Crippen molar-refractivity contribution in [1.82, 2.24) is 0 Å². The van der Waals surface area contributed by atoms with Crippen molar-refractivity contribution in [2.45, 2.75) is 102 Å². The summed E-state index contributed by atoms with van der Waals surface area (Å²) < 4.78 is 0. The van der Waals surface area contributed by atoms with Crippen LogP contribution in [0.1, 0.15) is 102 Å². The zero-order valence-electron chi connectivity index (χ0n) is 18.9. The Morgan fingerprint density at radius 3 is 1.46 bits per heavy atom. The van der Waals surface area contributed by atoms with Crippen LogP contribution in [0.15, 0.2) is 24.3 Å². The number of rotatable bonds is 8. The predicted octanol–water partition coefficient (Wildman–Crippen LogP) is 8.69. The molecule has 0 fully saturated rings. The minimum atomic E-state index is 0.410. The third kappa shape index (κ3) is 15.0. The van der Waals surface area contributed by atoms with Crippen LogP contribution in [0.2, 0.25) is 0 Å². The molecule has 144 valence electrons. The van der Waals surface area contributed by atoms with Gasteiger partial charge in [-0.15, -0.1) is 0 Å². The third-order valence-electron chi connectivity index (χ3n) is 5.14. The topological polar surface area (TPSA) is 0 Å². The van der Waals surface area contributed by atoms with Crippen molar-refractivity contribution in [3.8, 4) is 0 Å². The molecule has 0 aromatic heterocycles. The maximum Gasteiger partial charge on any atom is -0.0152 e. The molecule has 0 aromatic rings. The Morgan fingerprint density at radius 2 is 1.12 bits per heavy atom. The molecule has 0 heterocycles. The molecule has 0 amide bonds. The summed E-state index contributed by atoms with van der Waals surface area (Å²) in [5, 5.41) is 0. The first-order valence-electron chi connectivity index (χ1n) is 10.2. The minimum Gasteiger partial charge on any atom is -0.0880 e. The molecule has 0 heteroatoms. The Hall–Kier alpha value is -0.520. The summed E-state index contributed by atoms with van der Waals surface area (Å²) in [4.78, 5) is 0. The lowest BCUT2D eigenvalue weighted by Crippen LogP contribution is -2.14. The summed E-state index contributed by atoms with van der Waals surface area (Å²) in [6.45, 7) is 25.1. The highest BCUT2D eigenvalue weighted by molar-refractivity contribution is 4.96. The van der Waals surface area contributed by atoms with E-state index in [0.717, 1.165) is 11.8 Å². The molecule has 0 N–H and O–H groups in total. The van der Waals surface area contributed by atoms with Gasteiger partial charge < -0.3 is 0 Å². The summed E-state index contributed by atoms with van der Waals surface area (Å²) in [6, 6.07) is 0. The summed E-state index contributed by atoms with van der Waals surface area (Å²) in [5.41, 5.74) is 0.850. The van der Waals surface area contributed by atoms with Crippen LogP contribution < -0.4 is 0 Å². The summed E-state index contributed by atoms with van der Waals surface area (Å²) in [7, 11) is 0. The molecular weight excluding hydrogens is 288 g/mol. The Bertz CT molecular complexity index is 332. The van der Waals surface area contributed by atoms with Gasteiger partial charge in [-0.05, 0) is 54.3 Å². The first-order chi connectivity index (χ1) is 10.9. The van der Waals surface area contributed by atoms with Gasteiger partial charge in [0.15, 0.2) is 0 Å². The average Bonchev–Trinajstić information content (AvgIpc) is 2.45. The zero-order chi connectivity index (χ0) is 19.4. The summed E-state index contributed by atoms with van der Waals surface area (Å²) in [5.74, 6) is 2.25. The lowest BCUT2D eigenvalue weighted by atomic mass is 9.82. The van der Waals surface area contributed by atoms with E-state index in [1.54, 1.807) is 0 Å². The Balaban J connectivity index is 0. The molecule has 0 nitrogen and oxygen atoms in total. The van der Waals surface area contributed by atoms with Crippen LogP contribution in [0.3, 0.4) is 0 Å². The second-order valence-corrected chi connectivity index (χ2v) is 9.61. The molecule has 0 aliphatic carbocycles. The van der Waals surface area contributed by atoms with Crippen LogP contribution in [0, 0.1) is 28.6 Å². The first kappa shape index (κ1) is 25.7. The van der Waals surface area contributed by atoms with Crippen LogP contribution in [0.4, 0.5) is 0 Å². The van der Waals surface area contributed by atoms with Crippen LogP contribution in [-0.4, -0.2) is 0 Å². The van der Waals surface area contributed by atoms with Gasteiger partial charge in [0.2, 0.25) is 0 Å². The molecule has 0 radical (unpaired) electrons. The lowest BCUT2D eigenvalue weighted by molar-refractivity contribution is 0.314. The molecular formula is C24H48. The standard InChI is InChI=1S/2C12H24/c1-10(2)8-7-9-11(3)12(4,5)6;1-6-12(5,7-2)10-8-9-11(3)4/h7,9-11H,8H2,1-6H3;8,10-11H,6-7,9H2,1-5H3/b9-7+;10-8+. The summed E-state index contributed by atoms with van der Waals surface area (Å²) >= 11 is 0. The molecule has 1 atom stereocenters. The first-order valence-corrected chi connectivity index (χ1v) is 10.2. The number of allylic oxidation sites excluding steroid dienone is 4. The van der Waals surface area contributed by atoms with E-state index >= 15 is 0 Å². The Morgan fingerprint density at radius 1 is 0.708 bits per heavy atom. The van der Waals surface area contributed by atoms with E-state index in [4.69, 9.17) is 0 Å². The third-order valence-corrected chi connectivity index (χ3v) is 5.14. The molecule has 0 spiro atoms. The SMILES string of the molecule is CC(C)C/C=C/C(C)C(C)(C)C.CCC(C)(/C=C/CC(C)C)CC. The van der Waals surface area contributed by atoms with Crippen molar-refractivity contribution < 1.29 is 0 Å². The van der Waals surface area contributed by atoms with Gasteiger partial charge in [-0.25, -0.2) is 0 Å². The minimum absolute atomic E-state index is 0.410. The molecule has 0 rings (SSSR count). The molecule has 0 saturated carbocycles. The molecule has 0 saturated heterocycles. The van der Waals surface area contributed by atoms with Crippen molar-refractivity contribution in [1.29, 1.82) is 0 Å². The molecule has 0 aromatic carbocycles. The van der Waals surface area contributed by atoms with Crippen LogP contribution in [0.5, 0.6) is 0 Å².